The smallest absolute Gasteiger partial charge is 0.870 e. The van der Waals surface area contributed by atoms with Crippen LogP contribution in [0.1, 0.15) is 173 Å². The Hall–Kier alpha value is -11.5. The van der Waals surface area contributed by atoms with E-state index in [-0.39, 0.29) is 206 Å². The molecule has 0 saturated heterocycles. The van der Waals surface area contributed by atoms with E-state index in [0.29, 0.717) is 92.3 Å². The van der Waals surface area contributed by atoms with E-state index in [9.17, 15) is 62.3 Å². The molecule has 0 saturated carbocycles. The van der Waals surface area contributed by atoms with Crippen LogP contribution >= 0.6 is 55.9 Å². The Morgan fingerprint density at radius 2 is 0.735 bits per heavy atom. The predicted molar refractivity (Wildman–Crippen MR) is 512 cm³/mol. The summed E-state index contributed by atoms with van der Waals surface area (Å²) in [7, 11) is 0. The molecule has 8 amide bonds. The number of primary amides is 4. The van der Waals surface area contributed by atoms with Gasteiger partial charge >= 0.3 is 59.4 Å². The molecule has 6 aromatic heterocycles. The van der Waals surface area contributed by atoms with Gasteiger partial charge in [0.05, 0.1) is 72.9 Å². The number of pyridine rings is 2. The number of carboxylic acid groups (broad SMARTS) is 2. The third-order valence-corrected chi connectivity index (χ3v) is 17.5. The number of carbonyl (C=O) groups is 13. The number of nitrogens with zero attached hydrogens (tertiary/aromatic N) is 13. The van der Waals surface area contributed by atoms with Crippen LogP contribution in [0, 0.1) is 0 Å². The number of carbonyl (C=O) groups excluding carboxylic acids is 11. The molecule has 0 aliphatic heterocycles. The van der Waals surface area contributed by atoms with Gasteiger partial charge in [-0.3, -0.25) is 81.1 Å². The van der Waals surface area contributed by atoms with Gasteiger partial charge in [-0.05, 0) is 149 Å². The van der Waals surface area contributed by atoms with Crippen molar-refractivity contribution in [2.45, 2.75) is 189 Å². The Kier molecular flexibility index (Phi) is 65.3. The molecule has 40 nitrogen and oxygen atoms in total. The number of amides is 8. The Morgan fingerprint density at radius 3 is 1.01 bits per heavy atom. The number of nitrogens with two attached hydrogens (primary N) is 6. The van der Waals surface area contributed by atoms with Crippen LogP contribution in [0.2, 0.25) is 0 Å². The van der Waals surface area contributed by atoms with Crippen LogP contribution < -0.4 is 74.6 Å². The maximum absolute atomic E-state index is 13.0. The molecule has 6 heterocycles. The molecule has 45 heteroatoms. The molecule has 724 valence electrons. The standard InChI is InChI=1S/C21H23BrN6O3.C17H22N4O4.C15H18N4O4.C10H9N3O3.C7H15NO2.C6H7BrN2.C4H7ClO2.C3H9N.4CH4.ClH.Na.H2O/c1-13(2)27(11-18(29)24-10-14-6-5-9-17(22)25-14)19(30)12-28-16-8-4-3-7-15(16)20(26-28)21(23)31;1-4-25-15(23)10-20(11(2)3)14(22)9-21-13-8-6-5-7-12(13)16(19-21)17(18)24;1-9(2)18(8-13(21)22)12(20)7-19-11-6-4-3-5-10(11)14(17-19)15(16)23;11-10(16)9-6-3-1-2-4-7(6)13(12-9)5-8(14)15;1-4-10-7(9)5-8-6(2)3;7-6-3-1-2-5(4-8)9-6;1-2-7-4(6)3-5;1-3(2)4;;;;;;;/h3-9,13H,10-12H2,1-2H3,(H2,23,31)(H,24,29);5-8,11H,4,9-10H2,1-3H3,(H2,18,24);3-6,9H,7-8H2,1-2H3,(H2,16,23)(H,21,22);1-4H,5H2,(H2,11,16)(H,14,15);6,8H,4-5H2,1-3H3;1-3H,4,8H2;2-3H2,1H3;3H,4H2,1-2H3;4*1H4;1H;;1H2/q;;;;;;;;;;;;;+1;/p-1. The average molecular weight is 2030 g/mol. The van der Waals surface area contributed by atoms with Crippen molar-refractivity contribution in [2.75, 3.05) is 51.9 Å². The number of aliphatic carboxylic acids is 2. The summed E-state index contributed by atoms with van der Waals surface area (Å²) in [5, 5.41) is 42.0. The largest absolute Gasteiger partial charge is 1.00 e. The second-order valence-electron chi connectivity index (χ2n) is 27.9. The minimum absolute atomic E-state index is 0. The number of hydrogen-bond acceptors (Lipinski definition) is 26. The van der Waals surface area contributed by atoms with Gasteiger partial charge in [-0.2, -0.15) is 20.4 Å². The van der Waals surface area contributed by atoms with Gasteiger partial charge in [-0.1, -0.05) is 142 Å². The summed E-state index contributed by atoms with van der Waals surface area (Å²) >= 11 is 11.6. The minimum atomic E-state index is -1.09. The number of ether oxygens (including phenoxy) is 3. The van der Waals surface area contributed by atoms with Crippen LogP contribution in [0.25, 0.3) is 43.6 Å². The van der Waals surface area contributed by atoms with Gasteiger partial charge in [-0.15, -0.1) is 24.0 Å². The van der Waals surface area contributed by atoms with Gasteiger partial charge in [-0.25, -0.2) is 9.97 Å². The van der Waals surface area contributed by atoms with Crippen molar-refractivity contribution in [3.05, 3.63) is 177 Å². The van der Waals surface area contributed by atoms with Crippen molar-refractivity contribution in [3.63, 3.8) is 0 Å². The Labute approximate surface area is 819 Å². The molecule has 0 aliphatic rings. The van der Waals surface area contributed by atoms with Gasteiger partial charge < -0.3 is 89.6 Å². The van der Waals surface area contributed by atoms with Gasteiger partial charge in [0.2, 0.25) is 23.6 Å². The summed E-state index contributed by atoms with van der Waals surface area (Å²) in [5.74, 6) is -7.13. The first kappa shape index (κ1) is 129. The minimum Gasteiger partial charge on any atom is -0.870 e. The topological polar surface area (TPSA) is 607 Å². The number of alkyl halides is 1. The van der Waals surface area contributed by atoms with Crippen LogP contribution in [-0.2, 0) is 96.6 Å². The van der Waals surface area contributed by atoms with Crippen molar-refractivity contribution in [1.29, 1.82) is 0 Å². The number of carboxylic acids is 2. The van der Waals surface area contributed by atoms with Crippen LogP contribution in [0.15, 0.2) is 143 Å². The molecule has 0 aliphatic carbocycles. The maximum Gasteiger partial charge on any atom is 1.00 e. The number of rotatable bonds is 31. The van der Waals surface area contributed by atoms with E-state index in [1.54, 1.807) is 144 Å². The fourth-order valence-electron chi connectivity index (χ4n) is 10.9. The number of aromatic nitrogens is 10. The monoisotopic (exact) mass is 2020 g/mol. The average Bonchev–Trinajstić information content (AvgIpc) is 1.85. The Balaban J connectivity index is -0.000000489. The maximum atomic E-state index is 13.0. The quantitative estimate of drug-likeness (QED) is 0.00755. The Morgan fingerprint density at radius 1 is 0.439 bits per heavy atom. The molecule has 17 N–H and O–H groups in total. The molecule has 0 bridgehead atoms. The first-order chi connectivity index (χ1) is 59.0. The van der Waals surface area contributed by atoms with Crippen LogP contribution in [-0.4, -0.2) is 239 Å². The van der Waals surface area contributed by atoms with Gasteiger partial charge in [0.15, 0.2) is 22.8 Å². The van der Waals surface area contributed by atoms with Crippen LogP contribution in [0.3, 0.4) is 0 Å². The molecule has 10 aromatic rings. The van der Waals surface area contributed by atoms with Crippen molar-refractivity contribution in [3.8, 4) is 0 Å². The molecule has 132 heavy (non-hydrogen) atoms. The van der Waals surface area contributed by atoms with Gasteiger partial charge in [0, 0.05) is 52.3 Å². The van der Waals surface area contributed by atoms with Crippen molar-refractivity contribution >= 4 is 177 Å². The number of hydrogen-bond donors (Lipinski definition) is 10. The zero-order valence-electron chi connectivity index (χ0n) is 73.7. The molecule has 0 spiro atoms. The molecule has 0 unspecified atom stereocenters. The fourth-order valence-corrected chi connectivity index (χ4v) is 11.7. The van der Waals surface area contributed by atoms with Gasteiger partial charge in [0.1, 0.15) is 54.4 Å². The molecule has 4 aromatic carbocycles. The number of esters is 3. The van der Waals surface area contributed by atoms with E-state index < -0.39 is 54.0 Å². The van der Waals surface area contributed by atoms with E-state index >= 15 is 0 Å². The summed E-state index contributed by atoms with van der Waals surface area (Å²) in [4.78, 5) is 163. The van der Waals surface area contributed by atoms with Crippen LogP contribution in [0.4, 0.5) is 0 Å². The van der Waals surface area contributed by atoms with E-state index in [1.807, 2.05) is 79.7 Å². The number of para-hydroxylation sites is 4. The zero-order chi connectivity index (χ0) is 93.9. The van der Waals surface area contributed by atoms with E-state index in [0.717, 1.165) is 10.3 Å². The third kappa shape index (κ3) is 44.6. The van der Waals surface area contributed by atoms with E-state index in [1.165, 1.54) is 33.4 Å². The SMILES string of the molecule is C.C.C.C.CC(C)N.CC(C)N(CC(=O)NCc1cccc(Br)n1)C(=O)Cn1nc(C(N)=O)c2ccccc21.CC(C)N(CC(=O)O)C(=O)Cn1nc(C(N)=O)c2ccccc21.CCOC(=O)CCl.CCOC(=O)CN(C(=O)Cn1nc(C(N)=O)c2ccccc21)C(C)C.CCOC(=O)CNC(C)C.Cl.NC(=O)c1nn(CC(=O)O)c2ccccc12.NCc1cccc(Br)n1.[Na+].[OH-]. The van der Waals surface area contributed by atoms with Crippen molar-refractivity contribution < 1.29 is 122 Å². The van der Waals surface area contributed by atoms with Crippen molar-refractivity contribution in [1.82, 2.24) is 74.4 Å². The van der Waals surface area contributed by atoms with E-state index in [4.69, 9.17) is 65.7 Å². The molecule has 0 atom stereocenters. The molecule has 0 radical (unpaired) electrons. The summed E-state index contributed by atoms with van der Waals surface area (Å²) in [6.45, 7) is 24.7. The summed E-state index contributed by atoms with van der Waals surface area (Å²) in [5.41, 5.74) is 36.1. The molecule has 10 rings (SSSR count). The third-order valence-electron chi connectivity index (χ3n) is 16.4. The number of nitrogens with one attached hydrogen (secondary N) is 2. The first-order valence-electron chi connectivity index (χ1n) is 39.1. The fraction of sp³-hybridized carbons (Fsp3) is 0.414. The second-order valence-corrected chi connectivity index (χ2v) is 29.8. The molecular formula is C87H128Br2Cl2N21NaO19. The Bertz CT molecular complexity index is 5300. The van der Waals surface area contributed by atoms with Crippen molar-refractivity contribution in [2.24, 2.45) is 34.4 Å². The van der Waals surface area contributed by atoms with E-state index in [2.05, 4.69) is 77.6 Å². The number of fused-ring (bicyclic) bond motifs is 4. The summed E-state index contributed by atoms with van der Waals surface area (Å²) < 4.78 is 21.0. The second kappa shape index (κ2) is 66.8. The predicted octanol–water partition coefficient (Wildman–Crippen LogP) is 6.24. The zero-order valence-corrected chi connectivity index (χ0v) is 80.4. The van der Waals surface area contributed by atoms with Gasteiger partial charge in [0.25, 0.3) is 23.6 Å². The summed E-state index contributed by atoms with van der Waals surface area (Å²) in [6, 6.07) is 39.0. The molecular weight excluding hydrogens is 1900 g/mol. The number of halogens is 4. The normalized spacial score (nSPS) is 9.93. The first-order valence-corrected chi connectivity index (χ1v) is 41.2. The summed E-state index contributed by atoms with van der Waals surface area (Å²) in [6.07, 6.45) is 0. The molecule has 0 fully saturated rings. The van der Waals surface area contributed by atoms with Crippen LogP contribution in [0.5, 0.6) is 0 Å². The number of benzene rings is 4.